The molecule has 0 aromatic carbocycles. The molecule has 0 aliphatic carbocycles. The summed E-state index contributed by atoms with van der Waals surface area (Å²) in [5, 5.41) is 9.36. The van der Waals surface area contributed by atoms with Crippen molar-refractivity contribution in [2.24, 2.45) is 0 Å². The van der Waals surface area contributed by atoms with Gasteiger partial charge in [-0.25, -0.2) is 9.78 Å². The van der Waals surface area contributed by atoms with Crippen molar-refractivity contribution in [3.8, 4) is 0 Å². The Bertz CT molecular complexity index is 467. The molecule has 1 heterocycles. The highest BCUT2D eigenvalue weighted by atomic mass is 16.4. The number of carboxylic acid groups (broad SMARTS) is 1. The fourth-order valence-corrected chi connectivity index (χ4v) is 1.85. The molecular formula is C14H22N2O2. The van der Waals surface area contributed by atoms with Crippen molar-refractivity contribution in [1.29, 1.82) is 0 Å². The third kappa shape index (κ3) is 2.63. The molecule has 1 N–H and O–H groups in total. The van der Waals surface area contributed by atoms with Gasteiger partial charge in [0.2, 0.25) is 0 Å². The van der Waals surface area contributed by atoms with E-state index in [0.717, 1.165) is 17.7 Å². The quantitative estimate of drug-likeness (QED) is 0.892. The van der Waals surface area contributed by atoms with Crippen LogP contribution in [0.3, 0.4) is 0 Å². The van der Waals surface area contributed by atoms with E-state index in [-0.39, 0.29) is 5.54 Å². The second kappa shape index (κ2) is 4.96. The van der Waals surface area contributed by atoms with Crippen LogP contribution in [-0.4, -0.2) is 28.6 Å². The third-order valence-electron chi connectivity index (χ3n) is 3.63. The molecule has 0 spiro atoms. The van der Waals surface area contributed by atoms with Gasteiger partial charge >= 0.3 is 5.97 Å². The lowest BCUT2D eigenvalue weighted by atomic mass is 9.98. The SMILES string of the molecule is CCC(C)(C)N(C)c1nc(C)cc(C)c1C(=O)O. The van der Waals surface area contributed by atoms with Crippen molar-refractivity contribution in [2.45, 2.75) is 46.6 Å². The molecule has 18 heavy (non-hydrogen) atoms. The van der Waals surface area contributed by atoms with Crippen LogP contribution in [0.25, 0.3) is 0 Å². The standard InChI is InChI=1S/C14H22N2O2/c1-7-14(4,5)16(6)12-11(13(17)18)9(2)8-10(3)15-12/h8H,7H2,1-6H3,(H,17,18). The van der Waals surface area contributed by atoms with Gasteiger partial charge in [-0.15, -0.1) is 0 Å². The molecule has 0 bridgehead atoms. The molecule has 0 radical (unpaired) electrons. The molecule has 1 rings (SSSR count). The van der Waals surface area contributed by atoms with Gasteiger partial charge in [-0.2, -0.15) is 0 Å². The number of aromatic carboxylic acids is 1. The molecule has 4 nitrogen and oxygen atoms in total. The predicted molar refractivity (Wildman–Crippen MR) is 73.4 cm³/mol. The molecule has 0 saturated carbocycles. The summed E-state index contributed by atoms with van der Waals surface area (Å²) in [7, 11) is 1.90. The Kier molecular flexibility index (Phi) is 3.99. The highest BCUT2D eigenvalue weighted by Crippen LogP contribution is 2.28. The summed E-state index contributed by atoms with van der Waals surface area (Å²) in [6.45, 7) is 9.94. The number of rotatable bonds is 4. The number of pyridine rings is 1. The van der Waals surface area contributed by atoms with Crippen LogP contribution in [0.15, 0.2) is 6.07 Å². The van der Waals surface area contributed by atoms with Crippen LogP contribution in [0.4, 0.5) is 5.82 Å². The normalized spacial score (nSPS) is 11.4. The summed E-state index contributed by atoms with van der Waals surface area (Å²) in [4.78, 5) is 17.8. The molecule has 0 amide bonds. The summed E-state index contributed by atoms with van der Waals surface area (Å²) < 4.78 is 0. The molecule has 100 valence electrons. The van der Waals surface area contributed by atoms with E-state index < -0.39 is 5.97 Å². The van der Waals surface area contributed by atoms with Gasteiger partial charge in [-0.1, -0.05) is 6.92 Å². The fourth-order valence-electron chi connectivity index (χ4n) is 1.85. The van der Waals surface area contributed by atoms with Crippen LogP contribution in [-0.2, 0) is 0 Å². The minimum absolute atomic E-state index is 0.128. The van der Waals surface area contributed by atoms with Crippen LogP contribution in [0, 0.1) is 13.8 Å². The number of hydrogen-bond donors (Lipinski definition) is 1. The second-order valence-electron chi connectivity index (χ2n) is 5.31. The largest absolute Gasteiger partial charge is 0.478 e. The van der Waals surface area contributed by atoms with E-state index >= 15 is 0 Å². The Morgan fingerprint density at radius 1 is 1.44 bits per heavy atom. The maximum absolute atomic E-state index is 11.4. The van der Waals surface area contributed by atoms with E-state index in [1.165, 1.54) is 0 Å². The zero-order chi connectivity index (χ0) is 14.1. The molecule has 0 unspecified atom stereocenters. The summed E-state index contributed by atoms with van der Waals surface area (Å²) >= 11 is 0. The first-order chi connectivity index (χ1) is 8.20. The molecule has 0 fully saturated rings. The van der Waals surface area contributed by atoms with Crippen molar-refractivity contribution in [3.05, 3.63) is 22.9 Å². The first-order valence-corrected chi connectivity index (χ1v) is 6.16. The smallest absolute Gasteiger partial charge is 0.339 e. The summed E-state index contributed by atoms with van der Waals surface area (Å²) in [5.74, 6) is -0.374. The van der Waals surface area contributed by atoms with Gasteiger partial charge in [0.15, 0.2) is 0 Å². The highest BCUT2D eigenvalue weighted by Gasteiger charge is 2.27. The van der Waals surface area contributed by atoms with E-state index in [0.29, 0.717) is 11.4 Å². The van der Waals surface area contributed by atoms with Crippen LogP contribution >= 0.6 is 0 Å². The van der Waals surface area contributed by atoms with Gasteiger partial charge in [0.1, 0.15) is 11.4 Å². The van der Waals surface area contributed by atoms with E-state index in [9.17, 15) is 9.90 Å². The number of carbonyl (C=O) groups is 1. The Balaban J connectivity index is 3.44. The Morgan fingerprint density at radius 2 is 2.00 bits per heavy atom. The molecule has 0 aliphatic heterocycles. The number of aromatic nitrogens is 1. The van der Waals surface area contributed by atoms with Gasteiger partial charge < -0.3 is 10.0 Å². The first kappa shape index (κ1) is 14.5. The zero-order valence-electron chi connectivity index (χ0n) is 12.0. The molecule has 4 heteroatoms. The van der Waals surface area contributed by atoms with Crippen molar-refractivity contribution < 1.29 is 9.90 Å². The molecular weight excluding hydrogens is 228 g/mol. The lowest BCUT2D eigenvalue weighted by Crippen LogP contribution is -2.42. The molecule has 0 saturated heterocycles. The Hall–Kier alpha value is -1.58. The average molecular weight is 250 g/mol. The van der Waals surface area contributed by atoms with E-state index in [2.05, 4.69) is 25.8 Å². The molecule has 0 aliphatic rings. The lowest BCUT2D eigenvalue weighted by Gasteiger charge is -2.36. The lowest BCUT2D eigenvalue weighted by molar-refractivity contribution is 0.0696. The van der Waals surface area contributed by atoms with Gasteiger partial charge in [0.25, 0.3) is 0 Å². The number of nitrogens with zero attached hydrogens (tertiary/aromatic N) is 2. The second-order valence-corrected chi connectivity index (χ2v) is 5.31. The summed E-state index contributed by atoms with van der Waals surface area (Å²) in [6.07, 6.45) is 0.914. The van der Waals surface area contributed by atoms with Crippen LogP contribution < -0.4 is 4.90 Å². The number of anilines is 1. The Labute approximate surface area is 109 Å². The molecule has 1 aromatic heterocycles. The minimum Gasteiger partial charge on any atom is -0.478 e. The van der Waals surface area contributed by atoms with Crippen molar-refractivity contribution >= 4 is 11.8 Å². The van der Waals surface area contributed by atoms with Crippen LogP contribution in [0.2, 0.25) is 0 Å². The van der Waals surface area contributed by atoms with E-state index in [1.54, 1.807) is 6.07 Å². The monoisotopic (exact) mass is 250 g/mol. The van der Waals surface area contributed by atoms with E-state index in [4.69, 9.17) is 0 Å². The third-order valence-corrected chi connectivity index (χ3v) is 3.63. The van der Waals surface area contributed by atoms with Crippen molar-refractivity contribution in [2.75, 3.05) is 11.9 Å². The summed E-state index contributed by atoms with van der Waals surface area (Å²) in [5.41, 5.74) is 1.76. The number of hydrogen-bond acceptors (Lipinski definition) is 3. The predicted octanol–water partition coefficient (Wildman–Crippen LogP) is 3.02. The van der Waals surface area contributed by atoms with Crippen molar-refractivity contribution in [1.82, 2.24) is 4.98 Å². The maximum atomic E-state index is 11.4. The number of aryl methyl sites for hydroxylation is 2. The van der Waals surface area contributed by atoms with Gasteiger partial charge in [0, 0.05) is 18.3 Å². The summed E-state index contributed by atoms with van der Waals surface area (Å²) in [6, 6.07) is 1.81. The average Bonchev–Trinajstić information content (AvgIpc) is 2.26. The van der Waals surface area contributed by atoms with Crippen LogP contribution in [0.1, 0.15) is 48.8 Å². The fraction of sp³-hybridized carbons (Fsp3) is 0.571. The van der Waals surface area contributed by atoms with Gasteiger partial charge in [0.05, 0.1) is 0 Å². The Morgan fingerprint density at radius 3 is 2.44 bits per heavy atom. The zero-order valence-corrected chi connectivity index (χ0v) is 12.0. The molecule has 1 aromatic rings. The molecule has 0 atom stereocenters. The van der Waals surface area contributed by atoms with Crippen molar-refractivity contribution in [3.63, 3.8) is 0 Å². The van der Waals surface area contributed by atoms with E-state index in [1.807, 2.05) is 25.8 Å². The number of carboxylic acids is 1. The van der Waals surface area contributed by atoms with Gasteiger partial charge in [-0.3, -0.25) is 0 Å². The topological polar surface area (TPSA) is 53.4 Å². The minimum atomic E-state index is -0.922. The highest BCUT2D eigenvalue weighted by molar-refractivity contribution is 5.95. The first-order valence-electron chi connectivity index (χ1n) is 6.16. The van der Waals surface area contributed by atoms with Gasteiger partial charge in [-0.05, 0) is 45.7 Å². The van der Waals surface area contributed by atoms with Crippen LogP contribution in [0.5, 0.6) is 0 Å². The maximum Gasteiger partial charge on any atom is 0.339 e.